The fraction of sp³-hybridized carbons (Fsp3) is 0.533. The van der Waals surface area contributed by atoms with Crippen molar-refractivity contribution in [2.75, 3.05) is 6.54 Å². The molecule has 0 aliphatic heterocycles. The molecule has 22 heavy (non-hydrogen) atoms. The molecule has 2 aromatic rings. The summed E-state index contributed by atoms with van der Waals surface area (Å²) in [6, 6.07) is 2.17. The van der Waals surface area contributed by atoms with Crippen LogP contribution >= 0.6 is 11.3 Å². The number of amides is 1. The molecule has 0 spiro atoms. The summed E-state index contributed by atoms with van der Waals surface area (Å²) < 4.78 is 5.19. The highest BCUT2D eigenvalue weighted by Crippen LogP contribution is 2.24. The minimum atomic E-state index is 0.0284. The molecule has 1 aliphatic carbocycles. The normalized spacial score (nSPS) is 21.1. The van der Waals surface area contributed by atoms with E-state index in [1.54, 1.807) is 11.3 Å². The van der Waals surface area contributed by atoms with Gasteiger partial charge in [0, 0.05) is 29.8 Å². The van der Waals surface area contributed by atoms with Gasteiger partial charge in [0.25, 0.3) is 0 Å². The van der Waals surface area contributed by atoms with Gasteiger partial charge in [-0.25, -0.2) is 0 Å². The first kappa shape index (κ1) is 15.2. The SMILES string of the molecule is NCC1CCCC1NC(=O)CCc1nc(-c2ccsc2)no1. The largest absolute Gasteiger partial charge is 0.353 e. The van der Waals surface area contributed by atoms with Crippen molar-refractivity contribution < 1.29 is 9.32 Å². The molecule has 3 N–H and O–H groups in total. The molecular weight excluding hydrogens is 300 g/mol. The molecular formula is C15H20N4O2S. The maximum absolute atomic E-state index is 12.0. The molecule has 1 fully saturated rings. The number of rotatable bonds is 6. The smallest absolute Gasteiger partial charge is 0.227 e. The predicted octanol–water partition coefficient (Wildman–Crippen LogP) is 1.97. The molecule has 118 valence electrons. The van der Waals surface area contributed by atoms with E-state index in [1.165, 1.54) is 0 Å². The maximum atomic E-state index is 12.0. The molecule has 7 heteroatoms. The van der Waals surface area contributed by atoms with Gasteiger partial charge in [-0.3, -0.25) is 4.79 Å². The van der Waals surface area contributed by atoms with Crippen LogP contribution in [0.5, 0.6) is 0 Å². The van der Waals surface area contributed by atoms with E-state index in [0.717, 1.165) is 24.8 Å². The van der Waals surface area contributed by atoms with E-state index in [-0.39, 0.29) is 11.9 Å². The van der Waals surface area contributed by atoms with Crippen molar-refractivity contribution >= 4 is 17.2 Å². The molecule has 0 bridgehead atoms. The van der Waals surface area contributed by atoms with Gasteiger partial charge >= 0.3 is 0 Å². The van der Waals surface area contributed by atoms with Crippen molar-refractivity contribution in [1.82, 2.24) is 15.5 Å². The van der Waals surface area contributed by atoms with Crippen LogP contribution in [0.4, 0.5) is 0 Å². The Bertz CT molecular complexity index is 611. The summed E-state index contributed by atoms with van der Waals surface area (Å²) in [5, 5.41) is 10.9. The molecule has 0 radical (unpaired) electrons. The molecule has 1 aliphatic rings. The predicted molar refractivity (Wildman–Crippen MR) is 84.3 cm³/mol. The van der Waals surface area contributed by atoms with Crippen molar-refractivity contribution in [3.63, 3.8) is 0 Å². The molecule has 0 saturated heterocycles. The number of nitrogens with two attached hydrogens (primary N) is 1. The minimum Gasteiger partial charge on any atom is -0.353 e. The standard InChI is InChI=1S/C15H20N4O2S/c16-8-10-2-1-3-12(10)17-13(20)4-5-14-18-15(19-21-14)11-6-7-22-9-11/h6-7,9-10,12H,1-5,8,16H2,(H,17,20). The molecule has 3 rings (SSSR count). The Morgan fingerprint density at radius 3 is 3.18 bits per heavy atom. The summed E-state index contributed by atoms with van der Waals surface area (Å²) in [6.45, 7) is 0.638. The van der Waals surface area contributed by atoms with Crippen molar-refractivity contribution in [2.24, 2.45) is 11.7 Å². The third kappa shape index (κ3) is 3.53. The van der Waals surface area contributed by atoms with Crippen molar-refractivity contribution in [3.05, 3.63) is 22.7 Å². The number of nitrogens with one attached hydrogen (secondary N) is 1. The van der Waals surface area contributed by atoms with Gasteiger partial charge in [0.05, 0.1) is 0 Å². The first-order chi connectivity index (χ1) is 10.8. The van der Waals surface area contributed by atoms with E-state index in [1.807, 2.05) is 16.8 Å². The second-order valence-corrected chi connectivity index (χ2v) is 6.40. The number of carbonyl (C=O) groups excluding carboxylic acids is 1. The van der Waals surface area contributed by atoms with Crippen LogP contribution < -0.4 is 11.1 Å². The van der Waals surface area contributed by atoms with Gasteiger partial charge in [-0.2, -0.15) is 16.3 Å². The van der Waals surface area contributed by atoms with Gasteiger partial charge < -0.3 is 15.6 Å². The van der Waals surface area contributed by atoms with Crippen molar-refractivity contribution in [3.8, 4) is 11.4 Å². The summed E-state index contributed by atoms with van der Waals surface area (Å²) in [6.07, 6.45) is 4.09. The average molecular weight is 320 g/mol. The topological polar surface area (TPSA) is 94.0 Å². The average Bonchev–Trinajstić information content (AvgIpc) is 3.25. The number of nitrogens with zero attached hydrogens (tertiary/aromatic N) is 2. The number of carbonyl (C=O) groups is 1. The zero-order chi connectivity index (χ0) is 15.4. The third-order valence-corrected chi connectivity index (χ3v) is 4.80. The number of aryl methyl sites for hydroxylation is 1. The molecule has 2 atom stereocenters. The third-order valence-electron chi connectivity index (χ3n) is 4.12. The second-order valence-electron chi connectivity index (χ2n) is 5.62. The molecule has 6 nitrogen and oxygen atoms in total. The van der Waals surface area contributed by atoms with Gasteiger partial charge in [-0.05, 0) is 36.8 Å². The van der Waals surface area contributed by atoms with E-state index in [2.05, 4.69) is 15.5 Å². The molecule has 1 amide bonds. The van der Waals surface area contributed by atoms with Gasteiger partial charge in [0.15, 0.2) is 0 Å². The van der Waals surface area contributed by atoms with Crippen LogP contribution in [0.3, 0.4) is 0 Å². The minimum absolute atomic E-state index is 0.0284. The quantitative estimate of drug-likeness (QED) is 0.848. The van der Waals surface area contributed by atoms with Gasteiger partial charge in [0.2, 0.25) is 17.6 Å². The Morgan fingerprint density at radius 2 is 2.41 bits per heavy atom. The van der Waals surface area contributed by atoms with Crippen LogP contribution in [0.1, 0.15) is 31.6 Å². The number of aromatic nitrogens is 2. The van der Waals surface area contributed by atoms with Crippen LogP contribution in [0.15, 0.2) is 21.3 Å². The Kier molecular flexibility index (Phi) is 4.84. The highest BCUT2D eigenvalue weighted by atomic mass is 32.1. The summed E-state index contributed by atoms with van der Waals surface area (Å²) in [5.41, 5.74) is 6.68. The first-order valence-electron chi connectivity index (χ1n) is 7.61. The van der Waals surface area contributed by atoms with Crippen LogP contribution in [0.2, 0.25) is 0 Å². The van der Waals surface area contributed by atoms with E-state index in [4.69, 9.17) is 10.3 Å². The van der Waals surface area contributed by atoms with E-state index >= 15 is 0 Å². The van der Waals surface area contributed by atoms with E-state index in [0.29, 0.717) is 37.0 Å². The molecule has 2 unspecified atom stereocenters. The van der Waals surface area contributed by atoms with Gasteiger partial charge in [-0.15, -0.1) is 0 Å². The Balaban J connectivity index is 1.49. The van der Waals surface area contributed by atoms with E-state index in [9.17, 15) is 4.79 Å². The number of thiophene rings is 1. The highest BCUT2D eigenvalue weighted by molar-refractivity contribution is 7.08. The first-order valence-corrected chi connectivity index (χ1v) is 8.55. The second kappa shape index (κ2) is 7.02. The molecule has 2 aromatic heterocycles. The molecule has 1 saturated carbocycles. The van der Waals surface area contributed by atoms with Crippen LogP contribution in [0, 0.1) is 5.92 Å². The summed E-state index contributed by atoms with van der Waals surface area (Å²) >= 11 is 1.59. The summed E-state index contributed by atoms with van der Waals surface area (Å²) in [5.74, 6) is 1.52. The summed E-state index contributed by atoms with van der Waals surface area (Å²) in [7, 11) is 0. The molecule has 0 aromatic carbocycles. The van der Waals surface area contributed by atoms with Crippen molar-refractivity contribution in [1.29, 1.82) is 0 Å². The number of hydrogen-bond acceptors (Lipinski definition) is 6. The lowest BCUT2D eigenvalue weighted by molar-refractivity contribution is -0.122. The van der Waals surface area contributed by atoms with Crippen LogP contribution in [-0.2, 0) is 11.2 Å². The Morgan fingerprint density at radius 1 is 1.50 bits per heavy atom. The summed E-state index contributed by atoms with van der Waals surface area (Å²) in [4.78, 5) is 16.3. The van der Waals surface area contributed by atoms with Gasteiger partial charge in [0.1, 0.15) is 0 Å². The Labute approximate surface area is 133 Å². The Hall–Kier alpha value is -1.73. The monoisotopic (exact) mass is 320 g/mol. The maximum Gasteiger partial charge on any atom is 0.227 e. The highest BCUT2D eigenvalue weighted by Gasteiger charge is 2.27. The van der Waals surface area contributed by atoms with E-state index < -0.39 is 0 Å². The fourth-order valence-electron chi connectivity index (χ4n) is 2.87. The zero-order valence-corrected chi connectivity index (χ0v) is 13.1. The van der Waals surface area contributed by atoms with Gasteiger partial charge in [-0.1, -0.05) is 11.6 Å². The lowest BCUT2D eigenvalue weighted by Crippen LogP contribution is -2.39. The van der Waals surface area contributed by atoms with Crippen LogP contribution in [-0.4, -0.2) is 28.6 Å². The zero-order valence-electron chi connectivity index (χ0n) is 12.3. The fourth-order valence-corrected chi connectivity index (χ4v) is 3.51. The van der Waals surface area contributed by atoms with Crippen molar-refractivity contribution in [2.45, 2.75) is 38.1 Å². The molecule has 2 heterocycles. The number of hydrogen-bond donors (Lipinski definition) is 2. The lowest BCUT2D eigenvalue weighted by atomic mass is 10.0. The lowest BCUT2D eigenvalue weighted by Gasteiger charge is -2.19. The van der Waals surface area contributed by atoms with Crippen LogP contribution in [0.25, 0.3) is 11.4 Å².